The molecule has 2 unspecified atom stereocenters. The first-order chi connectivity index (χ1) is 8.78. The van der Waals surface area contributed by atoms with E-state index in [1.165, 1.54) is 0 Å². The first kappa shape index (κ1) is 15.6. The number of nitrogens with zero attached hydrogens (tertiary/aromatic N) is 1. The van der Waals surface area contributed by atoms with Crippen LogP contribution in [0.15, 0.2) is 24.4 Å². The third-order valence-corrected chi connectivity index (χ3v) is 2.83. The second kappa shape index (κ2) is 6.66. The van der Waals surface area contributed by atoms with Gasteiger partial charge in [0.1, 0.15) is 0 Å². The van der Waals surface area contributed by atoms with Gasteiger partial charge in [0.25, 0.3) is 0 Å². The second-order valence-electron chi connectivity index (χ2n) is 6.27. The van der Waals surface area contributed by atoms with Gasteiger partial charge in [-0.3, -0.25) is 9.78 Å². The molecule has 0 fully saturated rings. The van der Waals surface area contributed by atoms with Crippen molar-refractivity contribution in [2.45, 2.75) is 52.6 Å². The molecule has 0 bridgehead atoms. The molecule has 106 valence electrons. The molecule has 4 heteroatoms. The van der Waals surface area contributed by atoms with Crippen molar-refractivity contribution in [2.75, 3.05) is 0 Å². The van der Waals surface area contributed by atoms with Crippen LogP contribution in [-0.4, -0.2) is 16.9 Å². The first-order valence-corrected chi connectivity index (χ1v) is 6.74. The van der Waals surface area contributed by atoms with E-state index in [1.807, 2.05) is 25.1 Å². The number of nitrogens with two attached hydrogens (primary N) is 1. The average molecular weight is 263 g/mol. The van der Waals surface area contributed by atoms with Gasteiger partial charge in [0.15, 0.2) is 0 Å². The summed E-state index contributed by atoms with van der Waals surface area (Å²) in [6, 6.07) is 5.49. The van der Waals surface area contributed by atoms with Gasteiger partial charge in [-0.2, -0.15) is 0 Å². The van der Waals surface area contributed by atoms with Crippen LogP contribution in [-0.2, 0) is 4.79 Å². The maximum Gasteiger partial charge on any atom is 0.222 e. The Morgan fingerprint density at radius 3 is 2.63 bits per heavy atom. The summed E-state index contributed by atoms with van der Waals surface area (Å²) < 4.78 is 0. The van der Waals surface area contributed by atoms with Crippen LogP contribution >= 0.6 is 0 Å². The van der Waals surface area contributed by atoms with E-state index in [9.17, 15) is 4.79 Å². The number of rotatable bonds is 5. The molecule has 0 radical (unpaired) electrons. The van der Waals surface area contributed by atoms with Gasteiger partial charge in [-0.1, -0.05) is 26.8 Å². The maximum atomic E-state index is 11.9. The molecule has 0 aliphatic heterocycles. The molecule has 0 saturated carbocycles. The van der Waals surface area contributed by atoms with Crippen LogP contribution in [0.25, 0.3) is 0 Å². The molecule has 0 aromatic carbocycles. The predicted molar refractivity (Wildman–Crippen MR) is 77.5 cm³/mol. The van der Waals surface area contributed by atoms with Crippen LogP contribution in [0.2, 0.25) is 0 Å². The minimum atomic E-state index is -0.101. The molecular formula is C15H25N3O. The second-order valence-corrected chi connectivity index (χ2v) is 6.27. The van der Waals surface area contributed by atoms with Gasteiger partial charge in [-0.05, 0) is 30.9 Å². The van der Waals surface area contributed by atoms with Gasteiger partial charge in [0.05, 0.1) is 11.7 Å². The van der Waals surface area contributed by atoms with Crippen molar-refractivity contribution in [3.63, 3.8) is 0 Å². The monoisotopic (exact) mass is 263 g/mol. The van der Waals surface area contributed by atoms with Gasteiger partial charge in [-0.25, -0.2) is 0 Å². The fourth-order valence-electron chi connectivity index (χ4n) is 2.10. The zero-order valence-electron chi connectivity index (χ0n) is 12.3. The molecule has 1 aromatic rings. The molecule has 1 rings (SSSR count). The zero-order valence-corrected chi connectivity index (χ0v) is 12.3. The molecule has 1 amide bonds. The number of pyridine rings is 1. The van der Waals surface area contributed by atoms with Crippen molar-refractivity contribution in [3.8, 4) is 0 Å². The summed E-state index contributed by atoms with van der Waals surface area (Å²) in [5.41, 5.74) is 7.01. The normalized spacial score (nSPS) is 14.8. The van der Waals surface area contributed by atoms with Crippen molar-refractivity contribution in [2.24, 2.45) is 11.1 Å². The van der Waals surface area contributed by atoms with E-state index in [0.29, 0.717) is 6.42 Å². The predicted octanol–water partition coefficient (Wildman–Crippen LogP) is 2.41. The van der Waals surface area contributed by atoms with E-state index >= 15 is 0 Å². The first-order valence-electron chi connectivity index (χ1n) is 6.74. The molecule has 0 spiro atoms. The van der Waals surface area contributed by atoms with E-state index in [2.05, 4.69) is 31.1 Å². The lowest BCUT2D eigenvalue weighted by Gasteiger charge is -2.23. The summed E-state index contributed by atoms with van der Waals surface area (Å²) in [6.45, 7) is 8.30. The van der Waals surface area contributed by atoms with Crippen molar-refractivity contribution < 1.29 is 4.79 Å². The lowest BCUT2D eigenvalue weighted by atomic mass is 9.87. The topological polar surface area (TPSA) is 68.0 Å². The number of aromatic nitrogens is 1. The highest BCUT2D eigenvalue weighted by Crippen LogP contribution is 2.21. The van der Waals surface area contributed by atoms with E-state index in [-0.39, 0.29) is 23.4 Å². The van der Waals surface area contributed by atoms with Gasteiger partial charge in [0.2, 0.25) is 5.91 Å². The van der Waals surface area contributed by atoms with Gasteiger partial charge >= 0.3 is 0 Å². The van der Waals surface area contributed by atoms with Crippen molar-refractivity contribution in [3.05, 3.63) is 30.1 Å². The Morgan fingerprint density at radius 1 is 1.42 bits per heavy atom. The number of nitrogens with one attached hydrogen (secondary N) is 1. The molecule has 0 aliphatic rings. The Labute approximate surface area is 115 Å². The molecular weight excluding hydrogens is 238 g/mol. The lowest BCUT2D eigenvalue weighted by molar-refractivity contribution is -0.122. The Morgan fingerprint density at radius 2 is 2.11 bits per heavy atom. The smallest absolute Gasteiger partial charge is 0.222 e. The summed E-state index contributed by atoms with van der Waals surface area (Å²) in [4.78, 5) is 16.1. The van der Waals surface area contributed by atoms with Crippen LogP contribution in [0.3, 0.4) is 0 Å². The van der Waals surface area contributed by atoms with Gasteiger partial charge < -0.3 is 11.1 Å². The van der Waals surface area contributed by atoms with E-state index in [0.717, 1.165) is 12.1 Å². The molecule has 19 heavy (non-hydrogen) atoms. The highest BCUT2D eigenvalue weighted by atomic mass is 16.1. The minimum Gasteiger partial charge on any atom is -0.348 e. The van der Waals surface area contributed by atoms with Crippen LogP contribution in [0.4, 0.5) is 0 Å². The Bertz CT molecular complexity index is 398. The van der Waals surface area contributed by atoms with Crippen molar-refractivity contribution in [1.82, 2.24) is 10.3 Å². The molecule has 4 nitrogen and oxygen atoms in total. The van der Waals surface area contributed by atoms with E-state index in [4.69, 9.17) is 5.73 Å². The third-order valence-electron chi connectivity index (χ3n) is 2.83. The molecule has 1 heterocycles. The Hall–Kier alpha value is -1.42. The summed E-state index contributed by atoms with van der Waals surface area (Å²) in [5.74, 6) is -0.0186. The minimum absolute atomic E-state index is 0.0186. The molecule has 0 aliphatic carbocycles. The van der Waals surface area contributed by atoms with E-state index < -0.39 is 0 Å². The zero-order chi connectivity index (χ0) is 14.5. The standard InChI is InChI=1S/C15H25N3O/c1-11(13-7-5-6-8-17-13)18-14(19)9-12(16)10-15(2,3)4/h5-8,11-12H,9-10,16H2,1-4H3,(H,18,19). The highest BCUT2D eigenvalue weighted by molar-refractivity contribution is 5.76. The average Bonchev–Trinajstić information content (AvgIpc) is 2.27. The van der Waals surface area contributed by atoms with Crippen LogP contribution in [0.5, 0.6) is 0 Å². The molecule has 0 saturated heterocycles. The third kappa shape index (κ3) is 6.34. The Kier molecular flexibility index (Phi) is 5.48. The lowest BCUT2D eigenvalue weighted by Crippen LogP contribution is -2.35. The van der Waals surface area contributed by atoms with Gasteiger partial charge in [-0.15, -0.1) is 0 Å². The maximum absolute atomic E-state index is 11.9. The molecule has 3 N–H and O–H groups in total. The van der Waals surface area contributed by atoms with E-state index in [1.54, 1.807) is 6.20 Å². The van der Waals surface area contributed by atoms with Crippen LogP contribution in [0, 0.1) is 5.41 Å². The number of carbonyl (C=O) groups is 1. The Balaban J connectivity index is 2.43. The fraction of sp³-hybridized carbons (Fsp3) is 0.600. The summed E-state index contributed by atoms with van der Waals surface area (Å²) in [6.07, 6.45) is 2.91. The number of amides is 1. The SMILES string of the molecule is CC(NC(=O)CC(N)CC(C)(C)C)c1ccccn1. The molecule has 2 atom stereocenters. The number of hydrogen-bond donors (Lipinski definition) is 2. The number of carbonyl (C=O) groups excluding carboxylic acids is 1. The number of hydrogen-bond acceptors (Lipinski definition) is 3. The molecule has 1 aromatic heterocycles. The summed E-state index contributed by atoms with van der Waals surface area (Å²) in [5, 5.41) is 2.93. The highest BCUT2D eigenvalue weighted by Gasteiger charge is 2.19. The van der Waals surface area contributed by atoms with Crippen molar-refractivity contribution in [1.29, 1.82) is 0 Å². The quantitative estimate of drug-likeness (QED) is 0.857. The van der Waals surface area contributed by atoms with Gasteiger partial charge in [0, 0.05) is 18.7 Å². The largest absolute Gasteiger partial charge is 0.348 e. The fourth-order valence-corrected chi connectivity index (χ4v) is 2.10. The van der Waals surface area contributed by atoms with Crippen LogP contribution in [0.1, 0.15) is 52.3 Å². The summed E-state index contributed by atoms with van der Waals surface area (Å²) >= 11 is 0. The van der Waals surface area contributed by atoms with Crippen LogP contribution < -0.4 is 11.1 Å². The van der Waals surface area contributed by atoms with Crippen molar-refractivity contribution >= 4 is 5.91 Å². The summed E-state index contributed by atoms with van der Waals surface area (Å²) in [7, 11) is 0.